The summed E-state index contributed by atoms with van der Waals surface area (Å²) in [6.45, 7) is 0.633. The van der Waals surface area contributed by atoms with Crippen molar-refractivity contribution < 1.29 is 9.66 Å². The van der Waals surface area contributed by atoms with Crippen molar-refractivity contribution in [3.8, 4) is 5.75 Å². The first-order chi connectivity index (χ1) is 10.2. The Morgan fingerprint density at radius 3 is 2.67 bits per heavy atom. The molecule has 2 aromatic carbocycles. The number of methoxy groups -OCH3 is 1. The van der Waals surface area contributed by atoms with Crippen LogP contribution in [0.4, 0.5) is 11.4 Å². The van der Waals surface area contributed by atoms with Gasteiger partial charge < -0.3 is 10.1 Å². The molecule has 0 heterocycles. The van der Waals surface area contributed by atoms with Gasteiger partial charge in [0.15, 0.2) is 0 Å². The molecule has 0 aliphatic carbocycles. The lowest BCUT2D eigenvalue weighted by Crippen LogP contribution is -2.06. The largest absolute Gasteiger partial charge is 0.497 e. The molecular formula is C15H16N2O3S. The van der Waals surface area contributed by atoms with Gasteiger partial charge in [0.2, 0.25) is 0 Å². The lowest BCUT2D eigenvalue weighted by molar-refractivity contribution is -0.384. The van der Waals surface area contributed by atoms with Gasteiger partial charge in [0.05, 0.1) is 12.0 Å². The van der Waals surface area contributed by atoms with E-state index in [1.807, 2.05) is 30.3 Å². The summed E-state index contributed by atoms with van der Waals surface area (Å²) >= 11 is 1.70. The summed E-state index contributed by atoms with van der Waals surface area (Å²) in [5, 5.41) is 14.1. The van der Waals surface area contributed by atoms with Crippen LogP contribution in [0.2, 0.25) is 0 Å². The van der Waals surface area contributed by atoms with Crippen molar-refractivity contribution in [2.45, 2.75) is 4.90 Å². The maximum atomic E-state index is 11.0. The van der Waals surface area contributed by atoms with Gasteiger partial charge in [0, 0.05) is 29.3 Å². The van der Waals surface area contributed by atoms with Crippen molar-refractivity contribution in [1.82, 2.24) is 0 Å². The molecule has 0 unspecified atom stereocenters. The highest BCUT2D eigenvalue weighted by Crippen LogP contribution is 2.29. The van der Waals surface area contributed by atoms with Crippen LogP contribution in [0.1, 0.15) is 0 Å². The van der Waals surface area contributed by atoms with Crippen LogP contribution in [-0.4, -0.2) is 24.3 Å². The third-order valence-electron chi connectivity index (χ3n) is 2.83. The molecule has 0 fully saturated rings. The molecule has 110 valence electrons. The number of anilines is 1. The predicted molar refractivity (Wildman–Crippen MR) is 85.3 cm³/mol. The maximum Gasteiger partial charge on any atom is 0.292 e. The molecule has 0 aliphatic heterocycles. The van der Waals surface area contributed by atoms with Crippen molar-refractivity contribution in [2.75, 3.05) is 24.7 Å². The van der Waals surface area contributed by atoms with E-state index >= 15 is 0 Å². The van der Waals surface area contributed by atoms with Crippen LogP contribution in [-0.2, 0) is 0 Å². The van der Waals surface area contributed by atoms with Crippen LogP contribution in [0.3, 0.4) is 0 Å². The Kier molecular flexibility index (Phi) is 5.45. The Bertz CT molecular complexity index is 605. The summed E-state index contributed by atoms with van der Waals surface area (Å²) in [7, 11) is 1.54. The second kappa shape index (κ2) is 7.54. The molecule has 5 nitrogen and oxygen atoms in total. The Morgan fingerprint density at radius 1 is 1.24 bits per heavy atom. The number of nitrogens with zero attached hydrogens (tertiary/aromatic N) is 1. The Labute approximate surface area is 127 Å². The van der Waals surface area contributed by atoms with Gasteiger partial charge in [-0.05, 0) is 18.2 Å². The van der Waals surface area contributed by atoms with Gasteiger partial charge in [-0.15, -0.1) is 11.8 Å². The van der Waals surface area contributed by atoms with Gasteiger partial charge in [0.25, 0.3) is 5.69 Å². The molecule has 0 spiro atoms. The van der Waals surface area contributed by atoms with Gasteiger partial charge in [-0.1, -0.05) is 18.2 Å². The predicted octanol–water partition coefficient (Wildman–Crippen LogP) is 3.81. The summed E-state index contributed by atoms with van der Waals surface area (Å²) in [6.07, 6.45) is 0. The summed E-state index contributed by atoms with van der Waals surface area (Å²) < 4.78 is 5.10. The van der Waals surface area contributed by atoms with E-state index < -0.39 is 4.92 Å². The molecule has 1 N–H and O–H groups in total. The van der Waals surface area contributed by atoms with E-state index in [2.05, 4.69) is 5.32 Å². The van der Waals surface area contributed by atoms with Crippen molar-refractivity contribution in [3.63, 3.8) is 0 Å². The summed E-state index contributed by atoms with van der Waals surface area (Å²) in [5.74, 6) is 1.41. The number of rotatable bonds is 7. The van der Waals surface area contributed by atoms with Gasteiger partial charge >= 0.3 is 0 Å². The normalized spacial score (nSPS) is 10.1. The second-order valence-corrected chi connectivity index (χ2v) is 5.40. The zero-order chi connectivity index (χ0) is 15.1. The van der Waals surface area contributed by atoms with E-state index in [9.17, 15) is 10.1 Å². The number of ether oxygens (including phenoxy) is 1. The monoisotopic (exact) mass is 304 g/mol. The topological polar surface area (TPSA) is 64.4 Å². The second-order valence-electron chi connectivity index (χ2n) is 4.23. The molecule has 0 bridgehead atoms. The smallest absolute Gasteiger partial charge is 0.292 e. The minimum atomic E-state index is -0.397. The molecule has 0 atom stereocenters. The van der Waals surface area contributed by atoms with Gasteiger partial charge in [-0.3, -0.25) is 10.1 Å². The van der Waals surface area contributed by atoms with E-state index in [-0.39, 0.29) is 5.69 Å². The van der Waals surface area contributed by atoms with Crippen LogP contribution in [0.5, 0.6) is 5.75 Å². The number of nitro groups is 1. The zero-order valence-corrected chi connectivity index (χ0v) is 12.4. The summed E-state index contributed by atoms with van der Waals surface area (Å²) in [5.41, 5.74) is 0.536. The SMILES string of the molecule is COc1ccc([N+](=O)[O-])c(NCCSc2ccccc2)c1. The van der Waals surface area contributed by atoms with Crippen LogP contribution in [0, 0.1) is 10.1 Å². The fraction of sp³-hybridized carbons (Fsp3) is 0.200. The van der Waals surface area contributed by atoms with Crippen molar-refractivity contribution in [1.29, 1.82) is 0 Å². The van der Waals surface area contributed by atoms with E-state index in [0.717, 1.165) is 5.75 Å². The maximum absolute atomic E-state index is 11.0. The number of nitrogens with one attached hydrogen (secondary N) is 1. The van der Waals surface area contributed by atoms with E-state index in [0.29, 0.717) is 18.0 Å². The van der Waals surface area contributed by atoms with Crippen molar-refractivity contribution in [2.24, 2.45) is 0 Å². The summed E-state index contributed by atoms with van der Waals surface area (Å²) in [6, 6.07) is 14.7. The molecule has 0 saturated carbocycles. The van der Waals surface area contributed by atoms with Crippen LogP contribution < -0.4 is 10.1 Å². The third kappa shape index (κ3) is 4.39. The Morgan fingerprint density at radius 2 is 2.00 bits per heavy atom. The van der Waals surface area contributed by atoms with Gasteiger partial charge in [-0.25, -0.2) is 0 Å². The van der Waals surface area contributed by atoms with E-state index in [1.54, 1.807) is 23.9 Å². The fourth-order valence-electron chi connectivity index (χ4n) is 1.81. The van der Waals surface area contributed by atoms with Gasteiger partial charge in [-0.2, -0.15) is 0 Å². The molecule has 0 aliphatic rings. The number of thioether (sulfide) groups is 1. The number of hydrogen-bond acceptors (Lipinski definition) is 5. The number of nitro benzene ring substituents is 1. The molecule has 0 aromatic heterocycles. The fourth-order valence-corrected chi connectivity index (χ4v) is 2.60. The molecule has 0 radical (unpaired) electrons. The Hall–Kier alpha value is -2.21. The first-order valence-electron chi connectivity index (χ1n) is 6.45. The highest BCUT2D eigenvalue weighted by molar-refractivity contribution is 7.99. The Balaban J connectivity index is 1.94. The number of hydrogen-bond donors (Lipinski definition) is 1. The average molecular weight is 304 g/mol. The van der Waals surface area contributed by atoms with Gasteiger partial charge in [0.1, 0.15) is 11.4 Å². The first kappa shape index (κ1) is 15.2. The van der Waals surface area contributed by atoms with Crippen molar-refractivity contribution in [3.05, 3.63) is 58.6 Å². The zero-order valence-electron chi connectivity index (χ0n) is 11.6. The number of benzene rings is 2. The molecular weight excluding hydrogens is 288 g/mol. The standard InChI is InChI=1S/C15H16N2O3S/c1-20-12-7-8-15(17(18)19)14(11-12)16-9-10-21-13-5-3-2-4-6-13/h2-8,11,16H,9-10H2,1H3. The summed E-state index contributed by atoms with van der Waals surface area (Å²) in [4.78, 5) is 11.8. The molecule has 6 heteroatoms. The van der Waals surface area contributed by atoms with Crippen molar-refractivity contribution >= 4 is 23.1 Å². The molecule has 2 rings (SSSR count). The van der Waals surface area contributed by atoms with E-state index in [4.69, 9.17) is 4.74 Å². The highest BCUT2D eigenvalue weighted by Gasteiger charge is 2.13. The minimum absolute atomic E-state index is 0.0560. The third-order valence-corrected chi connectivity index (χ3v) is 3.84. The quantitative estimate of drug-likeness (QED) is 0.365. The van der Waals surface area contributed by atoms with Crippen LogP contribution >= 0.6 is 11.8 Å². The molecule has 21 heavy (non-hydrogen) atoms. The van der Waals surface area contributed by atoms with E-state index in [1.165, 1.54) is 18.1 Å². The first-order valence-corrected chi connectivity index (χ1v) is 7.43. The lowest BCUT2D eigenvalue weighted by Gasteiger charge is -2.08. The van der Waals surface area contributed by atoms with Crippen LogP contribution in [0.15, 0.2) is 53.4 Å². The average Bonchev–Trinajstić information content (AvgIpc) is 2.52. The lowest BCUT2D eigenvalue weighted by atomic mass is 10.2. The molecule has 0 saturated heterocycles. The molecule has 0 amide bonds. The molecule has 2 aromatic rings. The highest BCUT2D eigenvalue weighted by atomic mass is 32.2. The minimum Gasteiger partial charge on any atom is -0.497 e. The van der Waals surface area contributed by atoms with Crippen LogP contribution in [0.25, 0.3) is 0 Å².